The quantitative estimate of drug-likeness (QED) is 0.466. The van der Waals surface area contributed by atoms with Crippen LogP contribution in [-0.2, 0) is 4.74 Å². The molecule has 34 heavy (non-hydrogen) atoms. The van der Waals surface area contributed by atoms with Crippen LogP contribution in [0.2, 0.25) is 0 Å². The second kappa shape index (κ2) is 8.32. The Bertz CT molecular complexity index is 1250. The molecule has 0 bridgehead atoms. The summed E-state index contributed by atoms with van der Waals surface area (Å²) in [6, 6.07) is 20.5. The van der Waals surface area contributed by atoms with E-state index in [4.69, 9.17) is 4.74 Å². The van der Waals surface area contributed by atoms with Gasteiger partial charge in [0.05, 0.1) is 9.52 Å². The summed E-state index contributed by atoms with van der Waals surface area (Å²) in [5, 5.41) is 3.14. The zero-order valence-electron chi connectivity index (χ0n) is 19.5. The number of allylic oxidation sites excluding steroid dienone is 6. The van der Waals surface area contributed by atoms with Gasteiger partial charge >= 0.3 is 0 Å². The number of hydrogen-bond acceptors (Lipinski definition) is 2. The first-order chi connectivity index (χ1) is 16.8. The molecule has 0 radical (unpaired) electrons. The Morgan fingerprint density at radius 2 is 1.74 bits per heavy atom. The molecule has 0 saturated carbocycles. The number of fused-ring (bicyclic) bond motifs is 6. The SMILES string of the molecule is C1=CC2CN(C3C=CC4OC5=C([SiH2]c6ccccc6)CCC=C5C4C3)c3ccccc3C2C=C1. The minimum Gasteiger partial charge on any atom is -0.486 e. The molecule has 2 heterocycles. The third-order valence-electron chi connectivity index (χ3n) is 8.38. The van der Waals surface area contributed by atoms with E-state index in [-0.39, 0.29) is 6.10 Å². The zero-order chi connectivity index (χ0) is 22.5. The van der Waals surface area contributed by atoms with Gasteiger partial charge in [-0.2, -0.15) is 0 Å². The molecule has 0 spiro atoms. The van der Waals surface area contributed by atoms with E-state index < -0.39 is 9.52 Å². The van der Waals surface area contributed by atoms with Crippen molar-refractivity contribution in [1.29, 1.82) is 0 Å². The van der Waals surface area contributed by atoms with Crippen molar-refractivity contribution in [2.75, 3.05) is 11.4 Å². The summed E-state index contributed by atoms with van der Waals surface area (Å²) in [6.07, 6.45) is 20.2. The standard InChI is InChI=1S/C31H31NOSi/c1-2-10-23(11-3-1)34-30-16-8-14-26-27-19-22(17-18-29(27)33-31(26)30)32-20-21-9-4-5-12-24(21)25-13-6-7-15-28(25)32/h1-7,9-15,17-18,21-22,24,27,29H,8,16,19-20,34H2. The van der Waals surface area contributed by atoms with Crippen LogP contribution in [0, 0.1) is 11.8 Å². The van der Waals surface area contributed by atoms with Crippen LogP contribution < -0.4 is 10.1 Å². The maximum absolute atomic E-state index is 6.67. The Kier molecular flexibility index (Phi) is 4.98. The number of hydrogen-bond donors (Lipinski definition) is 0. The van der Waals surface area contributed by atoms with E-state index in [9.17, 15) is 0 Å². The van der Waals surface area contributed by atoms with E-state index >= 15 is 0 Å². The summed E-state index contributed by atoms with van der Waals surface area (Å²) in [6.45, 7) is 1.09. The molecule has 7 rings (SSSR count). The van der Waals surface area contributed by atoms with Gasteiger partial charge in [0, 0.05) is 36.0 Å². The molecule has 3 aliphatic carbocycles. The lowest BCUT2D eigenvalue weighted by Crippen LogP contribution is -2.45. The molecule has 2 nitrogen and oxygen atoms in total. The molecule has 2 aromatic rings. The van der Waals surface area contributed by atoms with Crippen LogP contribution >= 0.6 is 0 Å². The highest BCUT2D eigenvalue weighted by Gasteiger charge is 2.43. The topological polar surface area (TPSA) is 12.5 Å². The van der Waals surface area contributed by atoms with E-state index in [2.05, 4.69) is 102 Å². The molecule has 1 saturated heterocycles. The molecule has 0 N–H and O–H groups in total. The first-order valence-corrected chi connectivity index (χ1v) is 14.3. The zero-order valence-corrected chi connectivity index (χ0v) is 20.9. The molecule has 0 amide bonds. The van der Waals surface area contributed by atoms with E-state index in [1.54, 1.807) is 5.20 Å². The largest absolute Gasteiger partial charge is 0.486 e. The molecule has 5 unspecified atom stereocenters. The Hall–Kier alpha value is -3.04. The van der Waals surface area contributed by atoms with Crippen molar-refractivity contribution in [3.63, 3.8) is 0 Å². The van der Waals surface area contributed by atoms with Crippen LogP contribution in [-0.4, -0.2) is 28.2 Å². The Balaban J connectivity index is 1.18. The molecular weight excluding hydrogens is 430 g/mol. The van der Waals surface area contributed by atoms with Crippen molar-refractivity contribution < 1.29 is 4.74 Å². The van der Waals surface area contributed by atoms with Crippen molar-refractivity contribution in [2.24, 2.45) is 11.8 Å². The second-order valence-corrected chi connectivity index (χ2v) is 12.4. The first kappa shape index (κ1) is 20.3. The lowest BCUT2D eigenvalue weighted by molar-refractivity contribution is 0.160. The number of anilines is 1. The molecule has 2 aliphatic heterocycles. The van der Waals surface area contributed by atoms with Gasteiger partial charge in [-0.05, 0) is 47.7 Å². The van der Waals surface area contributed by atoms with E-state index in [1.807, 2.05) is 0 Å². The Morgan fingerprint density at radius 1 is 0.882 bits per heavy atom. The van der Waals surface area contributed by atoms with E-state index in [0.29, 0.717) is 23.8 Å². The third-order valence-corrected chi connectivity index (χ3v) is 10.4. The van der Waals surface area contributed by atoms with Crippen LogP contribution in [0.15, 0.2) is 114 Å². The predicted octanol–water partition coefficient (Wildman–Crippen LogP) is 5.10. The minimum atomic E-state index is -0.466. The molecule has 170 valence electrons. The summed E-state index contributed by atoms with van der Waals surface area (Å²) in [5.74, 6) is 2.81. The van der Waals surface area contributed by atoms with Gasteiger partial charge in [0.15, 0.2) is 0 Å². The minimum absolute atomic E-state index is 0.209. The normalized spacial score (nSPS) is 31.1. The fourth-order valence-corrected chi connectivity index (χ4v) is 8.59. The van der Waals surface area contributed by atoms with Crippen LogP contribution in [0.25, 0.3) is 0 Å². The molecule has 5 atom stereocenters. The van der Waals surface area contributed by atoms with Crippen LogP contribution in [0.4, 0.5) is 5.69 Å². The highest BCUT2D eigenvalue weighted by Crippen LogP contribution is 2.48. The van der Waals surface area contributed by atoms with Crippen molar-refractivity contribution in [3.05, 3.63) is 119 Å². The highest BCUT2D eigenvalue weighted by atomic mass is 28.2. The number of nitrogens with zero attached hydrogens (tertiary/aromatic N) is 1. The predicted molar refractivity (Wildman–Crippen MR) is 143 cm³/mol. The van der Waals surface area contributed by atoms with Crippen LogP contribution in [0.3, 0.4) is 0 Å². The summed E-state index contributed by atoms with van der Waals surface area (Å²) < 4.78 is 6.67. The first-order valence-electron chi connectivity index (χ1n) is 12.9. The molecule has 2 aromatic carbocycles. The Morgan fingerprint density at radius 3 is 2.68 bits per heavy atom. The molecule has 3 heteroatoms. The monoisotopic (exact) mass is 461 g/mol. The maximum atomic E-state index is 6.67. The van der Waals surface area contributed by atoms with Gasteiger partial charge < -0.3 is 9.64 Å². The molecular formula is C31H31NOSi. The van der Waals surface area contributed by atoms with Gasteiger partial charge in [0.1, 0.15) is 11.9 Å². The number of ether oxygens (including phenoxy) is 1. The van der Waals surface area contributed by atoms with Gasteiger partial charge in [-0.25, -0.2) is 0 Å². The fourth-order valence-electron chi connectivity index (χ4n) is 6.76. The lowest BCUT2D eigenvalue weighted by atomic mass is 9.76. The van der Waals surface area contributed by atoms with Gasteiger partial charge in [0.2, 0.25) is 0 Å². The average molecular weight is 462 g/mol. The van der Waals surface area contributed by atoms with Crippen molar-refractivity contribution in [3.8, 4) is 0 Å². The number of rotatable bonds is 3. The van der Waals surface area contributed by atoms with Crippen LogP contribution in [0.1, 0.15) is 30.7 Å². The fraction of sp³-hybridized carbons (Fsp3) is 0.290. The number of para-hydroxylation sites is 1. The lowest BCUT2D eigenvalue weighted by Gasteiger charge is -2.45. The summed E-state index contributed by atoms with van der Waals surface area (Å²) in [7, 11) is -0.466. The Labute approximate surface area is 204 Å². The second-order valence-electron chi connectivity index (χ2n) is 10.3. The van der Waals surface area contributed by atoms with Crippen molar-refractivity contribution in [1.82, 2.24) is 0 Å². The average Bonchev–Trinajstić information content (AvgIpc) is 3.28. The van der Waals surface area contributed by atoms with Gasteiger partial charge in [-0.1, -0.05) is 90.2 Å². The summed E-state index contributed by atoms with van der Waals surface area (Å²) in [4.78, 5) is 2.68. The summed E-state index contributed by atoms with van der Waals surface area (Å²) in [5.41, 5.74) is 4.40. The molecule has 1 fully saturated rings. The molecule has 0 aromatic heterocycles. The van der Waals surface area contributed by atoms with Gasteiger partial charge in [-0.3, -0.25) is 0 Å². The van der Waals surface area contributed by atoms with E-state index in [0.717, 1.165) is 13.0 Å². The molecule has 5 aliphatic rings. The van der Waals surface area contributed by atoms with Crippen molar-refractivity contribution in [2.45, 2.75) is 37.3 Å². The number of benzene rings is 2. The highest BCUT2D eigenvalue weighted by molar-refractivity contribution is 6.61. The van der Waals surface area contributed by atoms with E-state index in [1.165, 1.54) is 40.6 Å². The van der Waals surface area contributed by atoms with Gasteiger partial charge in [-0.15, -0.1) is 0 Å². The third kappa shape index (κ3) is 3.37. The smallest absolute Gasteiger partial charge is 0.124 e. The summed E-state index contributed by atoms with van der Waals surface area (Å²) >= 11 is 0. The van der Waals surface area contributed by atoms with Crippen LogP contribution in [0.5, 0.6) is 0 Å². The van der Waals surface area contributed by atoms with Gasteiger partial charge in [0.25, 0.3) is 0 Å². The maximum Gasteiger partial charge on any atom is 0.124 e. The van der Waals surface area contributed by atoms with Crippen molar-refractivity contribution >= 4 is 20.4 Å².